The number of nitrogens with zero attached hydrogens (tertiary/aromatic N) is 1. The van der Waals surface area contributed by atoms with Crippen LogP contribution >= 0.6 is 0 Å². The van der Waals surface area contributed by atoms with Crippen molar-refractivity contribution in [1.29, 1.82) is 0 Å². The molecule has 1 aromatic heterocycles. The van der Waals surface area contributed by atoms with Crippen LogP contribution < -0.4 is 9.64 Å². The quantitative estimate of drug-likeness (QED) is 0.361. The highest BCUT2D eigenvalue weighted by atomic mass is 16.5. The normalized spacial score (nSPS) is 11.0. The molecular formula is C26H25NO5. The zero-order chi connectivity index (χ0) is 22.7. The van der Waals surface area contributed by atoms with Crippen LogP contribution in [0.5, 0.6) is 5.75 Å². The molecule has 32 heavy (non-hydrogen) atoms. The minimum absolute atomic E-state index is 0.0923. The van der Waals surface area contributed by atoms with Crippen molar-refractivity contribution in [3.63, 3.8) is 0 Å². The van der Waals surface area contributed by atoms with E-state index in [1.165, 1.54) is 0 Å². The topological polar surface area (TPSA) is 69.0 Å². The number of rotatable bonds is 7. The van der Waals surface area contributed by atoms with Gasteiger partial charge in [0.15, 0.2) is 6.61 Å². The van der Waals surface area contributed by atoms with Gasteiger partial charge >= 0.3 is 5.97 Å². The van der Waals surface area contributed by atoms with Crippen molar-refractivity contribution in [2.75, 3.05) is 24.7 Å². The van der Waals surface area contributed by atoms with Gasteiger partial charge in [-0.05, 0) is 50.4 Å². The van der Waals surface area contributed by atoms with E-state index in [0.29, 0.717) is 30.0 Å². The van der Waals surface area contributed by atoms with E-state index in [1.54, 1.807) is 24.0 Å². The van der Waals surface area contributed by atoms with E-state index >= 15 is 0 Å². The molecule has 0 aliphatic heterocycles. The number of carbonyl (C=O) groups excluding carboxylic acids is 2. The molecule has 0 aliphatic rings. The number of esters is 1. The Morgan fingerprint density at radius 1 is 0.969 bits per heavy atom. The van der Waals surface area contributed by atoms with Crippen molar-refractivity contribution in [3.05, 3.63) is 72.0 Å². The van der Waals surface area contributed by atoms with Crippen LogP contribution in [0.1, 0.15) is 30.0 Å². The summed E-state index contributed by atoms with van der Waals surface area (Å²) < 4.78 is 16.6. The molecule has 0 bridgehead atoms. The van der Waals surface area contributed by atoms with E-state index in [1.807, 2.05) is 62.4 Å². The zero-order valence-electron chi connectivity index (χ0n) is 18.4. The molecule has 0 saturated carbocycles. The molecule has 4 rings (SSSR count). The van der Waals surface area contributed by atoms with E-state index in [0.717, 1.165) is 21.8 Å². The molecule has 0 spiro atoms. The molecule has 1 heterocycles. The fourth-order valence-electron chi connectivity index (χ4n) is 3.85. The smallest absolute Gasteiger partial charge is 0.375 e. The van der Waals surface area contributed by atoms with Crippen molar-refractivity contribution >= 4 is 39.3 Å². The van der Waals surface area contributed by atoms with Crippen molar-refractivity contribution in [3.8, 4) is 5.75 Å². The molecule has 0 N–H and O–H groups in total. The number of carbonyl (C=O) groups is 2. The lowest BCUT2D eigenvalue weighted by molar-refractivity contribution is -0.121. The van der Waals surface area contributed by atoms with Crippen LogP contribution in [-0.4, -0.2) is 31.6 Å². The average molecular weight is 431 g/mol. The summed E-state index contributed by atoms with van der Waals surface area (Å²) in [6, 6.07) is 19.0. The van der Waals surface area contributed by atoms with E-state index in [4.69, 9.17) is 13.9 Å². The maximum Gasteiger partial charge on any atom is 0.375 e. The molecule has 0 saturated heterocycles. The third-order valence-electron chi connectivity index (χ3n) is 5.41. The second-order valence-corrected chi connectivity index (χ2v) is 7.36. The molecule has 164 valence electrons. The van der Waals surface area contributed by atoms with Crippen molar-refractivity contribution in [1.82, 2.24) is 0 Å². The summed E-state index contributed by atoms with van der Waals surface area (Å²) in [5.74, 6) is -0.175. The molecule has 1 amide bonds. The van der Waals surface area contributed by atoms with Crippen LogP contribution in [0.3, 0.4) is 0 Å². The Hall–Kier alpha value is -3.80. The fraction of sp³-hybridized carbons (Fsp3) is 0.231. The minimum atomic E-state index is -0.668. The lowest BCUT2D eigenvalue weighted by Gasteiger charge is -2.22. The van der Waals surface area contributed by atoms with Crippen LogP contribution in [0.25, 0.3) is 21.7 Å². The highest BCUT2D eigenvalue weighted by Gasteiger charge is 2.23. The number of furan rings is 1. The summed E-state index contributed by atoms with van der Waals surface area (Å²) in [6.45, 7) is 6.20. The lowest BCUT2D eigenvalue weighted by Crippen LogP contribution is -2.34. The fourth-order valence-corrected chi connectivity index (χ4v) is 3.85. The molecule has 0 aliphatic carbocycles. The Morgan fingerprint density at radius 2 is 1.75 bits per heavy atom. The maximum absolute atomic E-state index is 12.9. The second-order valence-electron chi connectivity index (χ2n) is 7.36. The van der Waals surface area contributed by atoms with Crippen LogP contribution in [-0.2, 0) is 9.53 Å². The number of amides is 1. The van der Waals surface area contributed by atoms with Gasteiger partial charge in [-0.25, -0.2) is 4.79 Å². The van der Waals surface area contributed by atoms with Gasteiger partial charge in [-0.1, -0.05) is 36.4 Å². The minimum Gasteiger partial charge on any atom is -0.494 e. The highest BCUT2D eigenvalue weighted by molar-refractivity contribution is 6.05. The summed E-state index contributed by atoms with van der Waals surface area (Å²) in [7, 11) is 0. The Bertz CT molecular complexity index is 1280. The summed E-state index contributed by atoms with van der Waals surface area (Å²) in [5, 5.41) is 2.78. The summed E-state index contributed by atoms with van der Waals surface area (Å²) in [5.41, 5.74) is 2.01. The van der Waals surface area contributed by atoms with Gasteiger partial charge in [0.25, 0.3) is 5.91 Å². The monoisotopic (exact) mass is 431 g/mol. The summed E-state index contributed by atoms with van der Waals surface area (Å²) in [6.07, 6.45) is 0. The lowest BCUT2D eigenvalue weighted by atomic mass is 10.1. The van der Waals surface area contributed by atoms with E-state index in [-0.39, 0.29) is 18.3 Å². The first kappa shape index (κ1) is 21.4. The first-order valence-corrected chi connectivity index (χ1v) is 10.6. The summed E-state index contributed by atoms with van der Waals surface area (Å²) in [4.78, 5) is 27.2. The first-order chi connectivity index (χ1) is 15.5. The third-order valence-corrected chi connectivity index (χ3v) is 5.41. The Morgan fingerprint density at radius 3 is 2.53 bits per heavy atom. The van der Waals surface area contributed by atoms with Gasteiger partial charge in [-0.15, -0.1) is 0 Å². The molecule has 0 atom stereocenters. The van der Waals surface area contributed by atoms with Crippen LogP contribution in [0.15, 0.2) is 65.1 Å². The average Bonchev–Trinajstić information content (AvgIpc) is 3.14. The SMILES string of the molecule is CCOc1ccc2oc(C(=O)OCC(=O)N(CC)c3cccc4ccccc34)c(C)c2c1. The number of aryl methyl sites for hydroxylation is 1. The number of ether oxygens (including phenoxy) is 2. The number of likely N-dealkylation sites (N-methyl/N-ethyl adjacent to an activating group) is 1. The van der Waals surface area contributed by atoms with Gasteiger partial charge in [0.2, 0.25) is 5.76 Å². The Kier molecular flexibility index (Phi) is 6.12. The number of fused-ring (bicyclic) bond motifs is 2. The Balaban J connectivity index is 1.52. The van der Waals surface area contributed by atoms with Gasteiger partial charge in [0.05, 0.1) is 12.3 Å². The Labute approximate surface area is 186 Å². The first-order valence-electron chi connectivity index (χ1n) is 10.6. The molecule has 0 unspecified atom stereocenters. The molecule has 0 radical (unpaired) electrons. The van der Waals surface area contributed by atoms with Crippen molar-refractivity contribution < 1.29 is 23.5 Å². The van der Waals surface area contributed by atoms with Gasteiger partial charge in [0, 0.05) is 22.9 Å². The molecule has 6 heteroatoms. The van der Waals surface area contributed by atoms with Crippen LogP contribution in [0.2, 0.25) is 0 Å². The molecular weight excluding hydrogens is 406 g/mol. The number of anilines is 1. The van der Waals surface area contributed by atoms with E-state index < -0.39 is 5.97 Å². The highest BCUT2D eigenvalue weighted by Crippen LogP contribution is 2.30. The molecule has 6 nitrogen and oxygen atoms in total. The summed E-state index contributed by atoms with van der Waals surface area (Å²) >= 11 is 0. The van der Waals surface area contributed by atoms with Crippen molar-refractivity contribution in [2.24, 2.45) is 0 Å². The largest absolute Gasteiger partial charge is 0.494 e. The van der Waals surface area contributed by atoms with Crippen LogP contribution in [0, 0.1) is 6.92 Å². The maximum atomic E-state index is 12.9. The number of benzene rings is 3. The van der Waals surface area contributed by atoms with E-state index in [9.17, 15) is 9.59 Å². The second kappa shape index (κ2) is 9.14. The van der Waals surface area contributed by atoms with Crippen LogP contribution in [0.4, 0.5) is 5.69 Å². The standard InChI is InChI=1S/C26H25NO5/c1-4-27(22-12-8-10-18-9-6-7-11-20(18)22)24(28)16-31-26(29)25-17(3)21-15-19(30-5-2)13-14-23(21)32-25/h6-15H,4-5,16H2,1-3H3. The van der Waals surface area contributed by atoms with Gasteiger partial charge < -0.3 is 18.8 Å². The molecule has 3 aromatic carbocycles. The van der Waals surface area contributed by atoms with Gasteiger partial charge in [-0.2, -0.15) is 0 Å². The number of hydrogen-bond acceptors (Lipinski definition) is 5. The van der Waals surface area contributed by atoms with Gasteiger partial charge in [-0.3, -0.25) is 4.79 Å². The predicted molar refractivity (Wildman–Crippen MR) is 124 cm³/mol. The zero-order valence-corrected chi connectivity index (χ0v) is 18.4. The van der Waals surface area contributed by atoms with Gasteiger partial charge in [0.1, 0.15) is 11.3 Å². The van der Waals surface area contributed by atoms with E-state index in [2.05, 4.69) is 0 Å². The van der Waals surface area contributed by atoms with Crippen molar-refractivity contribution in [2.45, 2.75) is 20.8 Å². The number of hydrogen-bond donors (Lipinski definition) is 0. The molecule has 0 fully saturated rings. The molecule has 4 aromatic rings. The third kappa shape index (κ3) is 4.04. The predicted octanol–water partition coefficient (Wildman–Crippen LogP) is 5.50.